The van der Waals surface area contributed by atoms with Crippen LogP contribution in [-0.4, -0.2) is 17.4 Å². The van der Waals surface area contributed by atoms with Crippen LogP contribution in [0.5, 0.6) is 0 Å². The molecule has 0 aliphatic carbocycles. The third-order valence-corrected chi connectivity index (χ3v) is 3.62. The number of hydrogen-bond donors (Lipinski definition) is 1. The number of rotatable bonds is 5. The van der Waals surface area contributed by atoms with E-state index in [1.165, 1.54) is 12.1 Å². The van der Waals surface area contributed by atoms with E-state index in [4.69, 9.17) is 5.73 Å². The average Bonchev–Trinajstić information content (AvgIpc) is 2.69. The number of amides is 1. The fourth-order valence-electron chi connectivity index (χ4n) is 2.76. The monoisotopic (exact) mass is 264 g/mol. The molecule has 1 aromatic carbocycles. The van der Waals surface area contributed by atoms with Gasteiger partial charge in [-0.2, -0.15) is 0 Å². The Labute approximate surface area is 113 Å². The van der Waals surface area contributed by atoms with Crippen molar-refractivity contribution in [2.45, 2.75) is 39.3 Å². The summed E-state index contributed by atoms with van der Waals surface area (Å²) in [5.74, 6) is 0.353. The zero-order valence-corrected chi connectivity index (χ0v) is 11.4. The summed E-state index contributed by atoms with van der Waals surface area (Å²) in [4.78, 5) is 13.7. The molecule has 0 aromatic heterocycles. The van der Waals surface area contributed by atoms with Crippen LogP contribution in [0.15, 0.2) is 18.2 Å². The predicted molar refractivity (Wildman–Crippen MR) is 72.7 cm³/mol. The van der Waals surface area contributed by atoms with Gasteiger partial charge in [0, 0.05) is 26.1 Å². The molecule has 3 nitrogen and oxygen atoms in total. The van der Waals surface area contributed by atoms with Gasteiger partial charge in [-0.15, -0.1) is 0 Å². The first kappa shape index (κ1) is 14.0. The Balaban J connectivity index is 2.05. The van der Waals surface area contributed by atoms with Gasteiger partial charge in [-0.3, -0.25) is 4.79 Å². The van der Waals surface area contributed by atoms with E-state index >= 15 is 0 Å². The summed E-state index contributed by atoms with van der Waals surface area (Å²) >= 11 is 0. The summed E-state index contributed by atoms with van der Waals surface area (Å²) in [6.07, 6.45) is 2.81. The van der Waals surface area contributed by atoms with Crippen molar-refractivity contribution >= 4 is 5.91 Å². The van der Waals surface area contributed by atoms with Crippen LogP contribution in [0.2, 0.25) is 0 Å². The Morgan fingerprint density at radius 2 is 2.11 bits per heavy atom. The summed E-state index contributed by atoms with van der Waals surface area (Å²) in [5.41, 5.74) is 7.13. The van der Waals surface area contributed by atoms with Crippen LogP contribution in [0, 0.1) is 11.7 Å². The minimum atomic E-state index is -0.283. The van der Waals surface area contributed by atoms with E-state index in [9.17, 15) is 9.18 Å². The summed E-state index contributed by atoms with van der Waals surface area (Å²) in [5, 5.41) is 0. The third-order valence-electron chi connectivity index (χ3n) is 3.62. The lowest BCUT2D eigenvalue weighted by molar-refractivity contribution is -0.128. The second kappa shape index (κ2) is 6.15. The van der Waals surface area contributed by atoms with Gasteiger partial charge >= 0.3 is 0 Å². The molecule has 104 valence electrons. The van der Waals surface area contributed by atoms with Crippen molar-refractivity contribution in [1.82, 2.24) is 4.90 Å². The Morgan fingerprint density at radius 1 is 1.37 bits per heavy atom. The molecule has 1 heterocycles. The van der Waals surface area contributed by atoms with Crippen LogP contribution >= 0.6 is 0 Å². The Hall–Kier alpha value is -1.42. The summed E-state index contributed by atoms with van der Waals surface area (Å²) < 4.78 is 13.4. The number of halogens is 1. The van der Waals surface area contributed by atoms with Crippen LogP contribution in [0.25, 0.3) is 0 Å². The van der Waals surface area contributed by atoms with E-state index in [0.29, 0.717) is 25.4 Å². The van der Waals surface area contributed by atoms with Crippen LogP contribution in [0.3, 0.4) is 0 Å². The van der Waals surface area contributed by atoms with E-state index in [-0.39, 0.29) is 11.7 Å². The first-order valence-electron chi connectivity index (χ1n) is 6.88. The van der Waals surface area contributed by atoms with Crippen molar-refractivity contribution in [2.24, 2.45) is 11.7 Å². The Kier molecular flexibility index (Phi) is 4.53. The number of likely N-dealkylation sites (tertiary alicyclic amines) is 1. The lowest BCUT2D eigenvalue weighted by atomic mass is 10.0. The molecule has 2 N–H and O–H groups in total. The molecule has 1 fully saturated rings. The van der Waals surface area contributed by atoms with Crippen molar-refractivity contribution in [3.63, 3.8) is 0 Å². The normalized spacial score (nSPS) is 19.2. The molecule has 1 aliphatic rings. The van der Waals surface area contributed by atoms with E-state index in [1.807, 2.05) is 11.0 Å². The molecule has 1 atom stereocenters. The fourth-order valence-corrected chi connectivity index (χ4v) is 2.76. The zero-order chi connectivity index (χ0) is 13.8. The maximum absolute atomic E-state index is 13.4. The lowest BCUT2D eigenvalue weighted by Gasteiger charge is -2.17. The molecule has 2 rings (SSSR count). The SMILES string of the molecule is CCCC1CC(=O)N(Cc2cc(F)cc(CN)c2)C1. The maximum Gasteiger partial charge on any atom is 0.223 e. The number of carbonyl (C=O) groups excluding carboxylic acids is 1. The highest BCUT2D eigenvalue weighted by Gasteiger charge is 2.28. The van der Waals surface area contributed by atoms with Crippen molar-refractivity contribution in [3.8, 4) is 0 Å². The van der Waals surface area contributed by atoms with Crippen molar-refractivity contribution in [3.05, 3.63) is 35.1 Å². The highest BCUT2D eigenvalue weighted by Crippen LogP contribution is 2.24. The first-order valence-corrected chi connectivity index (χ1v) is 6.88. The topological polar surface area (TPSA) is 46.3 Å². The predicted octanol–water partition coefficient (Wildman–Crippen LogP) is 2.43. The minimum absolute atomic E-state index is 0.178. The van der Waals surface area contributed by atoms with Gasteiger partial charge in [-0.1, -0.05) is 19.4 Å². The molecule has 1 amide bonds. The van der Waals surface area contributed by atoms with Gasteiger partial charge < -0.3 is 10.6 Å². The molecule has 0 radical (unpaired) electrons. The first-order chi connectivity index (χ1) is 9.12. The summed E-state index contributed by atoms with van der Waals surface area (Å²) in [7, 11) is 0. The third kappa shape index (κ3) is 3.53. The number of nitrogens with two attached hydrogens (primary N) is 1. The number of benzene rings is 1. The van der Waals surface area contributed by atoms with Crippen molar-refractivity contribution < 1.29 is 9.18 Å². The van der Waals surface area contributed by atoms with E-state index in [0.717, 1.165) is 30.5 Å². The summed E-state index contributed by atoms with van der Waals surface area (Å²) in [6, 6.07) is 4.80. The molecule has 0 bridgehead atoms. The quantitative estimate of drug-likeness (QED) is 0.888. The average molecular weight is 264 g/mol. The Bertz CT molecular complexity index is 461. The van der Waals surface area contributed by atoms with E-state index < -0.39 is 0 Å². The van der Waals surface area contributed by atoms with Gasteiger partial charge in [-0.05, 0) is 35.6 Å². The maximum atomic E-state index is 13.4. The van der Waals surface area contributed by atoms with Crippen LogP contribution in [0.1, 0.15) is 37.3 Å². The smallest absolute Gasteiger partial charge is 0.223 e. The molecule has 1 unspecified atom stereocenters. The molecule has 0 saturated carbocycles. The number of nitrogens with zero attached hydrogens (tertiary/aromatic N) is 1. The van der Waals surface area contributed by atoms with Gasteiger partial charge in [0.25, 0.3) is 0 Å². The van der Waals surface area contributed by atoms with Gasteiger partial charge in [0.2, 0.25) is 5.91 Å². The second-order valence-corrected chi connectivity index (χ2v) is 5.30. The largest absolute Gasteiger partial charge is 0.338 e. The van der Waals surface area contributed by atoms with Gasteiger partial charge in [0.05, 0.1) is 0 Å². The molecular weight excluding hydrogens is 243 g/mol. The molecule has 1 saturated heterocycles. The molecule has 1 aliphatic heterocycles. The zero-order valence-electron chi connectivity index (χ0n) is 11.4. The second-order valence-electron chi connectivity index (χ2n) is 5.30. The number of carbonyl (C=O) groups is 1. The minimum Gasteiger partial charge on any atom is -0.338 e. The van der Waals surface area contributed by atoms with Gasteiger partial charge in [0.15, 0.2) is 0 Å². The van der Waals surface area contributed by atoms with E-state index in [1.54, 1.807) is 0 Å². The molecule has 4 heteroatoms. The lowest BCUT2D eigenvalue weighted by Crippen LogP contribution is -2.24. The van der Waals surface area contributed by atoms with Gasteiger partial charge in [0.1, 0.15) is 5.82 Å². The number of hydrogen-bond acceptors (Lipinski definition) is 2. The highest BCUT2D eigenvalue weighted by molar-refractivity contribution is 5.78. The summed E-state index contributed by atoms with van der Waals surface area (Å²) in [6.45, 7) is 3.73. The molecular formula is C15H21FN2O. The van der Waals surface area contributed by atoms with Gasteiger partial charge in [-0.25, -0.2) is 4.39 Å². The standard InChI is InChI=1S/C15H21FN2O/c1-2-3-11-7-15(19)18(9-11)10-13-4-12(8-17)5-14(16)6-13/h4-6,11H,2-3,7-10,17H2,1H3. The van der Waals surface area contributed by atoms with Crippen molar-refractivity contribution in [2.75, 3.05) is 6.54 Å². The van der Waals surface area contributed by atoms with Crippen LogP contribution < -0.4 is 5.73 Å². The van der Waals surface area contributed by atoms with Crippen LogP contribution in [0.4, 0.5) is 4.39 Å². The van der Waals surface area contributed by atoms with Crippen molar-refractivity contribution in [1.29, 1.82) is 0 Å². The van der Waals surface area contributed by atoms with E-state index in [2.05, 4.69) is 6.92 Å². The molecule has 19 heavy (non-hydrogen) atoms. The fraction of sp³-hybridized carbons (Fsp3) is 0.533. The Morgan fingerprint density at radius 3 is 2.79 bits per heavy atom. The highest BCUT2D eigenvalue weighted by atomic mass is 19.1. The molecule has 1 aromatic rings. The molecule has 0 spiro atoms. The van der Waals surface area contributed by atoms with Crippen LogP contribution in [-0.2, 0) is 17.9 Å².